The van der Waals surface area contributed by atoms with Crippen molar-refractivity contribution < 1.29 is 19.1 Å². The highest BCUT2D eigenvalue weighted by Gasteiger charge is 2.29. The Morgan fingerprint density at radius 1 is 1.32 bits per heavy atom. The first-order valence-corrected chi connectivity index (χ1v) is 10.6. The van der Waals surface area contributed by atoms with Gasteiger partial charge in [0.1, 0.15) is 5.69 Å². The predicted molar refractivity (Wildman–Crippen MR) is 115 cm³/mol. The maximum atomic E-state index is 12.6. The lowest BCUT2D eigenvalue weighted by atomic mass is 10.0. The Bertz CT molecular complexity index is 885. The van der Waals surface area contributed by atoms with E-state index in [2.05, 4.69) is 25.9 Å². The SMILES string of the molecule is COCCn1nccc1C(=O)Nc1cc([C@H]2CC[C@@H](COC(=O)NC(C)(C)C)C2)[nH]n1. The maximum absolute atomic E-state index is 12.6. The molecule has 0 aromatic carbocycles. The van der Waals surface area contributed by atoms with Crippen LogP contribution in [-0.2, 0) is 16.0 Å². The minimum atomic E-state index is -0.382. The summed E-state index contributed by atoms with van der Waals surface area (Å²) in [5, 5.41) is 17.0. The smallest absolute Gasteiger partial charge is 0.407 e. The van der Waals surface area contributed by atoms with E-state index in [1.807, 2.05) is 26.8 Å². The van der Waals surface area contributed by atoms with Gasteiger partial charge in [-0.15, -0.1) is 0 Å². The lowest BCUT2D eigenvalue weighted by molar-refractivity contribution is 0.101. The molecule has 1 aliphatic carbocycles. The summed E-state index contributed by atoms with van der Waals surface area (Å²) in [6, 6.07) is 3.53. The lowest BCUT2D eigenvalue weighted by Crippen LogP contribution is -2.41. The molecular weight excluding hydrogens is 400 g/mol. The van der Waals surface area contributed by atoms with E-state index < -0.39 is 0 Å². The molecule has 0 radical (unpaired) electrons. The number of rotatable bonds is 8. The molecule has 0 bridgehead atoms. The third kappa shape index (κ3) is 6.55. The number of nitrogens with one attached hydrogen (secondary N) is 3. The summed E-state index contributed by atoms with van der Waals surface area (Å²) >= 11 is 0. The maximum Gasteiger partial charge on any atom is 0.407 e. The highest BCUT2D eigenvalue weighted by molar-refractivity contribution is 6.02. The molecule has 10 heteroatoms. The number of amides is 2. The number of nitrogens with zero attached hydrogens (tertiary/aromatic N) is 3. The van der Waals surface area contributed by atoms with Crippen molar-refractivity contribution in [1.82, 2.24) is 25.3 Å². The van der Waals surface area contributed by atoms with Gasteiger partial charge in [0.25, 0.3) is 5.91 Å². The van der Waals surface area contributed by atoms with Crippen LogP contribution in [0, 0.1) is 5.92 Å². The molecule has 2 atom stereocenters. The van der Waals surface area contributed by atoms with Gasteiger partial charge in [0.2, 0.25) is 0 Å². The fourth-order valence-electron chi connectivity index (χ4n) is 3.72. The Morgan fingerprint density at radius 3 is 2.87 bits per heavy atom. The van der Waals surface area contributed by atoms with Crippen molar-refractivity contribution in [3.05, 3.63) is 29.7 Å². The lowest BCUT2D eigenvalue weighted by Gasteiger charge is -2.20. The second-order valence-corrected chi connectivity index (χ2v) is 8.94. The molecule has 2 amide bonds. The quantitative estimate of drug-likeness (QED) is 0.589. The molecule has 0 spiro atoms. The molecule has 10 nitrogen and oxygen atoms in total. The van der Waals surface area contributed by atoms with E-state index >= 15 is 0 Å². The van der Waals surface area contributed by atoms with Crippen molar-refractivity contribution in [2.75, 3.05) is 25.6 Å². The number of carbonyl (C=O) groups excluding carboxylic acids is 2. The second kappa shape index (κ2) is 9.95. The van der Waals surface area contributed by atoms with E-state index in [-0.39, 0.29) is 17.5 Å². The van der Waals surface area contributed by atoms with E-state index in [0.29, 0.717) is 43.1 Å². The molecule has 0 saturated heterocycles. The normalized spacial score (nSPS) is 18.7. The molecule has 0 aliphatic heterocycles. The van der Waals surface area contributed by atoms with Gasteiger partial charge in [-0.2, -0.15) is 10.2 Å². The van der Waals surface area contributed by atoms with Crippen molar-refractivity contribution in [3.63, 3.8) is 0 Å². The van der Waals surface area contributed by atoms with Crippen molar-refractivity contribution in [1.29, 1.82) is 0 Å². The van der Waals surface area contributed by atoms with E-state index in [1.54, 1.807) is 24.1 Å². The Hall–Kier alpha value is -2.88. The van der Waals surface area contributed by atoms with Gasteiger partial charge in [-0.05, 0) is 52.0 Å². The van der Waals surface area contributed by atoms with Gasteiger partial charge >= 0.3 is 6.09 Å². The number of aromatic amines is 1. The molecule has 3 rings (SSSR count). The Balaban J connectivity index is 1.49. The van der Waals surface area contributed by atoms with Crippen LogP contribution in [0.3, 0.4) is 0 Å². The van der Waals surface area contributed by atoms with Crippen LogP contribution in [0.5, 0.6) is 0 Å². The molecule has 3 N–H and O–H groups in total. The summed E-state index contributed by atoms with van der Waals surface area (Å²) in [4.78, 5) is 24.4. The summed E-state index contributed by atoms with van der Waals surface area (Å²) in [7, 11) is 1.61. The summed E-state index contributed by atoms with van der Waals surface area (Å²) in [6.07, 6.45) is 4.07. The standard InChI is InChI=1S/C21H32N6O4/c1-21(2,3)24-20(29)31-13-14-5-6-15(11-14)16-12-18(26-25-16)23-19(28)17-7-8-22-27(17)9-10-30-4/h7-8,12,14-15H,5-6,9-11,13H2,1-4H3,(H,24,29)(H2,23,25,26,28)/t14-,15+/m1/s1. The number of hydrogen-bond donors (Lipinski definition) is 3. The van der Waals surface area contributed by atoms with Crippen LogP contribution in [0.1, 0.15) is 62.1 Å². The monoisotopic (exact) mass is 432 g/mol. The summed E-state index contributed by atoms with van der Waals surface area (Å²) < 4.78 is 12.0. The fourth-order valence-corrected chi connectivity index (χ4v) is 3.72. The van der Waals surface area contributed by atoms with Gasteiger partial charge in [0.05, 0.1) is 19.8 Å². The largest absolute Gasteiger partial charge is 0.449 e. The minimum Gasteiger partial charge on any atom is -0.449 e. The molecule has 0 unspecified atom stereocenters. The highest BCUT2D eigenvalue weighted by atomic mass is 16.5. The van der Waals surface area contributed by atoms with Crippen LogP contribution in [0.4, 0.5) is 10.6 Å². The van der Waals surface area contributed by atoms with Gasteiger partial charge in [-0.3, -0.25) is 14.6 Å². The van der Waals surface area contributed by atoms with Crippen molar-refractivity contribution in [2.45, 2.75) is 58.0 Å². The van der Waals surface area contributed by atoms with Crippen molar-refractivity contribution >= 4 is 17.8 Å². The number of carbonyl (C=O) groups is 2. The first-order chi connectivity index (χ1) is 14.7. The third-order valence-electron chi connectivity index (χ3n) is 5.20. The van der Waals surface area contributed by atoms with Crippen LogP contribution in [0.15, 0.2) is 18.3 Å². The first-order valence-electron chi connectivity index (χ1n) is 10.6. The molecule has 1 fully saturated rings. The number of anilines is 1. The number of H-pyrrole nitrogens is 1. The Labute approximate surface area is 182 Å². The topological polar surface area (TPSA) is 123 Å². The molecule has 31 heavy (non-hydrogen) atoms. The zero-order valence-electron chi connectivity index (χ0n) is 18.6. The Morgan fingerprint density at radius 2 is 2.13 bits per heavy atom. The first kappa shape index (κ1) is 22.8. The van der Waals surface area contributed by atoms with Crippen LogP contribution in [0.25, 0.3) is 0 Å². The average molecular weight is 433 g/mol. The average Bonchev–Trinajstić information content (AvgIpc) is 3.43. The number of hydrogen-bond acceptors (Lipinski definition) is 6. The molecule has 1 saturated carbocycles. The van der Waals surface area contributed by atoms with Crippen molar-refractivity contribution in [2.24, 2.45) is 5.92 Å². The summed E-state index contributed by atoms with van der Waals surface area (Å²) in [6.45, 7) is 7.13. The van der Waals surface area contributed by atoms with Gasteiger partial charge in [0.15, 0.2) is 5.82 Å². The zero-order chi connectivity index (χ0) is 22.4. The zero-order valence-corrected chi connectivity index (χ0v) is 18.6. The second-order valence-electron chi connectivity index (χ2n) is 8.94. The number of methoxy groups -OCH3 is 1. The summed E-state index contributed by atoms with van der Waals surface area (Å²) in [5.74, 6) is 0.815. The number of ether oxygens (including phenoxy) is 2. The minimum absolute atomic E-state index is 0.269. The fraction of sp³-hybridized carbons (Fsp3) is 0.619. The van der Waals surface area contributed by atoms with Crippen molar-refractivity contribution in [3.8, 4) is 0 Å². The Kier molecular flexibility index (Phi) is 7.32. The molecular formula is C21H32N6O4. The number of alkyl carbamates (subject to hydrolysis) is 1. The van der Waals surface area contributed by atoms with E-state index in [4.69, 9.17) is 9.47 Å². The van der Waals surface area contributed by atoms with Crippen LogP contribution in [0.2, 0.25) is 0 Å². The molecule has 2 heterocycles. The number of aromatic nitrogens is 4. The van der Waals surface area contributed by atoms with Crippen LogP contribution >= 0.6 is 0 Å². The van der Waals surface area contributed by atoms with Gasteiger partial charge in [-0.1, -0.05) is 0 Å². The highest BCUT2D eigenvalue weighted by Crippen LogP contribution is 2.38. The van der Waals surface area contributed by atoms with Crippen LogP contribution < -0.4 is 10.6 Å². The van der Waals surface area contributed by atoms with Gasteiger partial charge in [-0.25, -0.2) is 4.79 Å². The van der Waals surface area contributed by atoms with Gasteiger partial charge < -0.3 is 20.1 Å². The molecule has 1 aliphatic rings. The van der Waals surface area contributed by atoms with E-state index in [9.17, 15) is 9.59 Å². The van der Waals surface area contributed by atoms with E-state index in [1.165, 1.54) is 0 Å². The predicted octanol–water partition coefficient (Wildman–Crippen LogP) is 2.91. The molecule has 170 valence electrons. The van der Waals surface area contributed by atoms with Gasteiger partial charge in [0, 0.05) is 36.5 Å². The third-order valence-corrected chi connectivity index (χ3v) is 5.20. The summed E-state index contributed by atoms with van der Waals surface area (Å²) in [5.41, 5.74) is 1.12. The molecule has 2 aromatic heterocycles. The molecule has 2 aromatic rings. The van der Waals surface area contributed by atoms with E-state index in [0.717, 1.165) is 25.0 Å². The van der Waals surface area contributed by atoms with Crippen LogP contribution in [-0.4, -0.2) is 57.8 Å².